The highest BCUT2D eigenvalue weighted by molar-refractivity contribution is 6.18. The minimum Gasteiger partial charge on any atom is -0.482 e. The quantitative estimate of drug-likeness (QED) is 0.813. The first kappa shape index (κ1) is 16.5. The Labute approximate surface area is 145 Å². The third kappa shape index (κ3) is 3.96. The molecule has 0 fully saturated rings. The Morgan fingerprint density at radius 1 is 1.24 bits per heavy atom. The van der Waals surface area contributed by atoms with Crippen LogP contribution >= 0.6 is 0 Å². The van der Waals surface area contributed by atoms with Crippen molar-refractivity contribution < 1.29 is 9.53 Å². The summed E-state index contributed by atoms with van der Waals surface area (Å²) in [7, 11) is 0. The smallest absolute Gasteiger partial charge is 0.178 e. The molecule has 1 atom stereocenters. The van der Waals surface area contributed by atoms with E-state index in [9.17, 15) is 4.79 Å². The van der Waals surface area contributed by atoms with Crippen molar-refractivity contribution in [3.8, 4) is 11.8 Å². The van der Waals surface area contributed by atoms with Crippen LogP contribution in [0.5, 0.6) is 5.75 Å². The van der Waals surface area contributed by atoms with E-state index in [-0.39, 0.29) is 12.2 Å². The summed E-state index contributed by atoms with van der Waals surface area (Å²) in [6, 6.07) is 14.5. The average Bonchev–Trinajstić information content (AvgIpc) is 3.11. The first-order chi connectivity index (χ1) is 12.2. The number of carbonyl (C=O) groups is 1. The molecule has 3 rings (SSSR count). The van der Waals surface area contributed by atoms with Crippen LogP contribution in [0.4, 0.5) is 0 Å². The van der Waals surface area contributed by atoms with Gasteiger partial charge in [0.1, 0.15) is 11.8 Å². The molecule has 2 aromatic rings. The second-order valence-corrected chi connectivity index (χ2v) is 5.62. The maximum absolute atomic E-state index is 12.4. The molecule has 0 aliphatic carbocycles. The Hall–Kier alpha value is -3.33. The van der Waals surface area contributed by atoms with E-state index in [0.29, 0.717) is 23.4 Å². The number of nitriles is 1. The second kappa shape index (κ2) is 7.49. The molecule has 1 aliphatic rings. The molecule has 25 heavy (non-hydrogen) atoms. The summed E-state index contributed by atoms with van der Waals surface area (Å²) in [4.78, 5) is 16.6. The SMILES string of the molecule is CC(Oc1ccccc1C#N)C(=O)CC1=NN=C(c2ccccn2)C1. The van der Waals surface area contributed by atoms with E-state index in [1.54, 1.807) is 37.4 Å². The fraction of sp³-hybridized carbons (Fsp3) is 0.211. The van der Waals surface area contributed by atoms with E-state index in [1.807, 2.05) is 18.2 Å². The number of benzene rings is 1. The van der Waals surface area contributed by atoms with Crippen molar-refractivity contribution in [2.45, 2.75) is 25.9 Å². The zero-order valence-corrected chi connectivity index (χ0v) is 13.7. The largest absolute Gasteiger partial charge is 0.482 e. The van der Waals surface area contributed by atoms with Gasteiger partial charge in [0.05, 0.1) is 29.1 Å². The van der Waals surface area contributed by atoms with E-state index >= 15 is 0 Å². The number of nitrogens with zero attached hydrogens (tertiary/aromatic N) is 4. The van der Waals surface area contributed by atoms with Gasteiger partial charge in [-0.25, -0.2) is 0 Å². The third-order valence-corrected chi connectivity index (χ3v) is 3.79. The van der Waals surface area contributed by atoms with Crippen LogP contribution in [0.25, 0.3) is 0 Å². The van der Waals surface area contributed by atoms with Crippen molar-refractivity contribution in [2.75, 3.05) is 0 Å². The number of rotatable bonds is 6. The van der Waals surface area contributed by atoms with E-state index in [4.69, 9.17) is 10.00 Å². The molecule has 1 aliphatic heterocycles. The molecule has 124 valence electrons. The van der Waals surface area contributed by atoms with Crippen molar-refractivity contribution in [2.24, 2.45) is 10.2 Å². The standard InChI is InChI=1S/C19H16N4O2/c1-13(25-19-8-3-2-6-14(19)12-20)18(24)11-15-10-17(23-22-15)16-7-4-5-9-21-16/h2-9,13H,10-11H2,1H3. The van der Waals surface area contributed by atoms with Gasteiger partial charge in [-0.1, -0.05) is 18.2 Å². The molecule has 6 heteroatoms. The lowest BCUT2D eigenvalue weighted by molar-refractivity contribution is -0.123. The Morgan fingerprint density at radius 2 is 2.04 bits per heavy atom. The van der Waals surface area contributed by atoms with Gasteiger partial charge >= 0.3 is 0 Å². The number of carbonyl (C=O) groups excluding carboxylic acids is 1. The summed E-state index contributed by atoms with van der Waals surface area (Å²) >= 11 is 0. The molecule has 0 amide bonds. The van der Waals surface area contributed by atoms with Crippen molar-refractivity contribution in [1.29, 1.82) is 5.26 Å². The van der Waals surface area contributed by atoms with Gasteiger partial charge in [-0.15, -0.1) is 0 Å². The van der Waals surface area contributed by atoms with Gasteiger partial charge < -0.3 is 4.74 Å². The molecule has 1 unspecified atom stereocenters. The van der Waals surface area contributed by atoms with Crippen LogP contribution in [0.1, 0.15) is 31.0 Å². The highest BCUT2D eigenvalue weighted by Gasteiger charge is 2.22. The summed E-state index contributed by atoms with van der Waals surface area (Å²) in [5.41, 5.74) is 2.61. The topological polar surface area (TPSA) is 87.7 Å². The maximum atomic E-state index is 12.4. The summed E-state index contributed by atoms with van der Waals surface area (Å²) < 4.78 is 5.64. The zero-order chi connectivity index (χ0) is 17.6. The van der Waals surface area contributed by atoms with E-state index in [2.05, 4.69) is 21.3 Å². The van der Waals surface area contributed by atoms with Gasteiger partial charge in [0.15, 0.2) is 11.9 Å². The van der Waals surface area contributed by atoms with Crippen LogP contribution in [-0.4, -0.2) is 28.3 Å². The van der Waals surface area contributed by atoms with Crippen molar-refractivity contribution in [1.82, 2.24) is 4.98 Å². The molecule has 6 nitrogen and oxygen atoms in total. The predicted octanol–water partition coefficient (Wildman–Crippen LogP) is 2.93. The molecular weight excluding hydrogens is 316 g/mol. The Morgan fingerprint density at radius 3 is 2.80 bits per heavy atom. The number of Topliss-reactive ketones (excluding diaryl/α,β-unsaturated/α-hetero) is 1. The molecule has 1 aromatic heterocycles. The lowest BCUT2D eigenvalue weighted by Crippen LogP contribution is -2.26. The monoisotopic (exact) mass is 332 g/mol. The Kier molecular flexibility index (Phi) is 4.95. The van der Waals surface area contributed by atoms with Gasteiger partial charge in [0.25, 0.3) is 0 Å². The normalized spacial score (nSPS) is 14.2. The van der Waals surface area contributed by atoms with Crippen LogP contribution in [0.15, 0.2) is 58.9 Å². The molecule has 1 aromatic carbocycles. The van der Waals surface area contributed by atoms with Crippen molar-refractivity contribution in [3.63, 3.8) is 0 Å². The van der Waals surface area contributed by atoms with Crippen LogP contribution in [-0.2, 0) is 4.79 Å². The van der Waals surface area contributed by atoms with E-state index in [1.165, 1.54) is 0 Å². The Balaban J connectivity index is 1.57. The van der Waals surface area contributed by atoms with Gasteiger partial charge in [0.2, 0.25) is 0 Å². The molecule has 0 spiro atoms. The minimum atomic E-state index is -0.670. The average molecular weight is 332 g/mol. The predicted molar refractivity (Wildman–Crippen MR) is 93.7 cm³/mol. The molecule has 2 heterocycles. The number of hydrogen-bond acceptors (Lipinski definition) is 6. The minimum absolute atomic E-state index is 0.107. The summed E-state index contributed by atoms with van der Waals surface area (Å²) in [6.07, 6.45) is 1.69. The molecule has 0 radical (unpaired) electrons. The van der Waals surface area contributed by atoms with Gasteiger partial charge in [-0.3, -0.25) is 9.78 Å². The molecule has 0 saturated carbocycles. The second-order valence-electron chi connectivity index (χ2n) is 5.62. The first-order valence-corrected chi connectivity index (χ1v) is 7.89. The number of ketones is 1. The summed E-state index contributed by atoms with van der Waals surface area (Å²) in [6.45, 7) is 1.67. The number of hydrogen-bond donors (Lipinski definition) is 0. The number of pyridine rings is 1. The van der Waals surface area contributed by atoms with Crippen LogP contribution in [0.2, 0.25) is 0 Å². The molecular formula is C19H16N4O2. The number of para-hydroxylation sites is 1. The Bertz CT molecular complexity index is 882. The van der Waals surface area contributed by atoms with Gasteiger partial charge in [-0.05, 0) is 31.2 Å². The number of aromatic nitrogens is 1. The molecule has 0 bridgehead atoms. The number of ether oxygens (including phenoxy) is 1. The first-order valence-electron chi connectivity index (χ1n) is 7.89. The zero-order valence-electron chi connectivity index (χ0n) is 13.7. The van der Waals surface area contributed by atoms with Crippen molar-refractivity contribution in [3.05, 3.63) is 59.9 Å². The van der Waals surface area contributed by atoms with Gasteiger partial charge in [-0.2, -0.15) is 15.5 Å². The molecule has 0 N–H and O–H groups in total. The highest BCUT2D eigenvalue weighted by Crippen LogP contribution is 2.19. The highest BCUT2D eigenvalue weighted by atomic mass is 16.5. The lowest BCUT2D eigenvalue weighted by Gasteiger charge is -2.14. The van der Waals surface area contributed by atoms with Crippen LogP contribution in [0, 0.1) is 11.3 Å². The third-order valence-electron chi connectivity index (χ3n) is 3.79. The molecule has 0 saturated heterocycles. The summed E-state index contributed by atoms with van der Waals surface area (Å²) in [5.74, 6) is 0.300. The van der Waals surface area contributed by atoms with E-state index in [0.717, 1.165) is 11.4 Å². The fourth-order valence-corrected chi connectivity index (χ4v) is 2.43. The van der Waals surface area contributed by atoms with Gasteiger partial charge in [0, 0.05) is 12.6 Å². The van der Waals surface area contributed by atoms with Crippen molar-refractivity contribution >= 4 is 17.2 Å². The van der Waals surface area contributed by atoms with Crippen LogP contribution < -0.4 is 4.74 Å². The maximum Gasteiger partial charge on any atom is 0.178 e. The van der Waals surface area contributed by atoms with Crippen LogP contribution in [0.3, 0.4) is 0 Å². The summed E-state index contributed by atoms with van der Waals surface area (Å²) in [5, 5.41) is 17.3. The fourth-order valence-electron chi connectivity index (χ4n) is 2.43. The lowest BCUT2D eigenvalue weighted by atomic mass is 10.0. The van der Waals surface area contributed by atoms with E-state index < -0.39 is 6.10 Å².